The molecule has 0 aliphatic rings. The molecule has 130 valence electrons. The van der Waals surface area contributed by atoms with Gasteiger partial charge in [-0.2, -0.15) is 0 Å². The molecule has 5 nitrogen and oxygen atoms in total. The van der Waals surface area contributed by atoms with Gasteiger partial charge in [-0.3, -0.25) is 14.6 Å². The van der Waals surface area contributed by atoms with E-state index in [-0.39, 0.29) is 11.8 Å². The van der Waals surface area contributed by atoms with E-state index in [4.69, 9.17) is 0 Å². The monoisotopic (exact) mass is 345 g/mol. The Morgan fingerprint density at radius 2 is 1.65 bits per heavy atom. The Kier molecular flexibility index (Phi) is 5.39. The topological polar surface area (TPSA) is 71.1 Å². The SMILES string of the molecule is CCc1ccccc1NC(=O)c1cccc(NC(=O)c2cccnc2)c1. The number of hydrogen-bond acceptors (Lipinski definition) is 3. The summed E-state index contributed by atoms with van der Waals surface area (Å²) in [5.41, 5.74) is 3.35. The van der Waals surface area contributed by atoms with Crippen molar-refractivity contribution in [3.8, 4) is 0 Å². The Labute approximate surface area is 152 Å². The van der Waals surface area contributed by atoms with Gasteiger partial charge in [0.05, 0.1) is 5.56 Å². The van der Waals surface area contributed by atoms with E-state index in [1.165, 1.54) is 6.20 Å². The van der Waals surface area contributed by atoms with Gasteiger partial charge in [-0.15, -0.1) is 0 Å². The van der Waals surface area contributed by atoms with Crippen LogP contribution in [0.4, 0.5) is 11.4 Å². The van der Waals surface area contributed by atoms with Gasteiger partial charge < -0.3 is 10.6 Å². The molecule has 1 aromatic heterocycles. The molecule has 5 heteroatoms. The van der Waals surface area contributed by atoms with Crippen LogP contribution in [0, 0.1) is 0 Å². The summed E-state index contributed by atoms with van der Waals surface area (Å²) >= 11 is 0. The van der Waals surface area contributed by atoms with Gasteiger partial charge in [0, 0.05) is 29.3 Å². The Hall–Kier alpha value is -3.47. The number of nitrogens with one attached hydrogen (secondary N) is 2. The summed E-state index contributed by atoms with van der Waals surface area (Å²) < 4.78 is 0. The number of aromatic nitrogens is 1. The number of rotatable bonds is 5. The molecule has 0 aliphatic heterocycles. The Morgan fingerprint density at radius 3 is 2.42 bits per heavy atom. The average Bonchev–Trinajstić information content (AvgIpc) is 2.69. The molecule has 0 saturated carbocycles. The number of amides is 2. The number of pyridine rings is 1. The Balaban J connectivity index is 1.74. The number of aryl methyl sites for hydroxylation is 1. The third-order valence-corrected chi connectivity index (χ3v) is 3.95. The summed E-state index contributed by atoms with van der Waals surface area (Å²) in [5, 5.41) is 5.71. The molecule has 26 heavy (non-hydrogen) atoms. The second-order valence-corrected chi connectivity index (χ2v) is 5.74. The fourth-order valence-electron chi connectivity index (χ4n) is 2.58. The van der Waals surface area contributed by atoms with Crippen molar-refractivity contribution in [2.75, 3.05) is 10.6 Å². The molecule has 2 aromatic carbocycles. The van der Waals surface area contributed by atoms with Crippen LogP contribution in [0.3, 0.4) is 0 Å². The Morgan fingerprint density at radius 1 is 0.885 bits per heavy atom. The van der Waals surface area contributed by atoms with Crippen molar-refractivity contribution in [3.05, 3.63) is 89.7 Å². The van der Waals surface area contributed by atoms with Gasteiger partial charge in [-0.05, 0) is 48.4 Å². The summed E-state index contributed by atoms with van der Waals surface area (Å²) in [5.74, 6) is -0.490. The zero-order valence-corrected chi connectivity index (χ0v) is 14.4. The molecule has 0 radical (unpaired) electrons. The second-order valence-electron chi connectivity index (χ2n) is 5.74. The molecule has 2 amide bonds. The number of para-hydroxylation sites is 1. The van der Waals surface area contributed by atoms with Crippen molar-refractivity contribution in [1.82, 2.24) is 4.98 Å². The number of nitrogens with zero attached hydrogens (tertiary/aromatic N) is 1. The summed E-state index contributed by atoms with van der Waals surface area (Å²) in [4.78, 5) is 28.7. The first kappa shape index (κ1) is 17.4. The van der Waals surface area contributed by atoms with Crippen molar-refractivity contribution >= 4 is 23.2 Å². The molecule has 3 aromatic rings. The average molecular weight is 345 g/mol. The van der Waals surface area contributed by atoms with Crippen molar-refractivity contribution in [2.45, 2.75) is 13.3 Å². The lowest BCUT2D eigenvalue weighted by Gasteiger charge is -2.11. The van der Waals surface area contributed by atoms with Gasteiger partial charge in [-0.25, -0.2) is 0 Å². The minimum absolute atomic E-state index is 0.219. The maximum absolute atomic E-state index is 12.6. The largest absolute Gasteiger partial charge is 0.322 e. The maximum Gasteiger partial charge on any atom is 0.257 e. The van der Waals surface area contributed by atoms with E-state index in [9.17, 15) is 9.59 Å². The van der Waals surface area contributed by atoms with Gasteiger partial charge in [0.25, 0.3) is 11.8 Å². The third kappa shape index (κ3) is 4.13. The number of carbonyl (C=O) groups is 2. The first-order chi connectivity index (χ1) is 12.7. The van der Waals surface area contributed by atoms with E-state index < -0.39 is 0 Å². The summed E-state index contributed by atoms with van der Waals surface area (Å²) in [7, 11) is 0. The fourth-order valence-corrected chi connectivity index (χ4v) is 2.58. The van der Waals surface area contributed by atoms with Crippen LogP contribution >= 0.6 is 0 Å². The molecule has 0 bridgehead atoms. The second kappa shape index (κ2) is 8.07. The van der Waals surface area contributed by atoms with Crippen LogP contribution < -0.4 is 10.6 Å². The quantitative estimate of drug-likeness (QED) is 0.730. The van der Waals surface area contributed by atoms with E-state index >= 15 is 0 Å². The zero-order chi connectivity index (χ0) is 18.4. The van der Waals surface area contributed by atoms with Crippen molar-refractivity contribution < 1.29 is 9.59 Å². The van der Waals surface area contributed by atoms with Crippen LogP contribution in [0.5, 0.6) is 0 Å². The van der Waals surface area contributed by atoms with Gasteiger partial charge in [-0.1, -0.05) is 31.2 Å². The molecule has 2 N–H and O–H groups in total. The van der Waals surface area contributed by atoms with Gasteiger partial charge >= 0.3 is 0 Å². The van der Waals surface area contributed by atoms with E-state index in [2.05, 4.69) is 15.6 Å². The maximum atomic E-state index is 12.6. The molecule has 0 atom stereocenters. The molecular formula is C21H19N3O2. The minimum atomic E-state index is -0.271. The predicted octanol–water partition coefficient (Wildman–Crippen LogP) is 4.15. The van der Waals surface area contributed by atoms with E-state index in [1.54, 1.807) is 42.6 Å². The molecule has 3 rings (SSSR count). The first-order valence-electron chi connectivity index (χ1n) is 8.38. The van der Waals surface area contributed by atoms with Crippen LogP contribution in [-0.2, 0) is 6.42 Å². The highest BCUT2D eigenvalue weighted by atomic mass is 16.2. The fraction of sp³-hybridized carbons (Fsp3) is 0.0952. The molecule has 0 spiro atoms. The zero-order valence-electron chi connectivity index (χ0n) is 14.4. The van der Waals surface area contributed by atoms with Crippen LogP contribution in [-0.4, -0.2) is 16.8 Å². The van der Waals surface area contributed by atoms with Crippen molar-refractivity contribution in [3.63, 3.8) is 0 Å². The summed E-state index contributed by atoms with van der Waals surface area (Å²) in [6.45, 7) is 2.04. The molecule has 0 fully saturated rings. The molecule has 0 saturated heterocycles. The molecule has 0 unspecified atom stereocenters. The van der Waals surface area contributed by atoms with Gasteiger partial charge in [0.1, 0.15) is 0 Å². The highest BCUT2D eigenvalue weighted by Crippen LogP contribution is 2.18. The van der Waals surface area contributed by atoms with E-state index in [0.29, 0.717) is 16.8 Å². The lowest BCUT2D eigenvalue weighted by molar-refractivity contribution is 0.101. The summed E-state index contributed by atoms with van der Waals surface area (Å²) in [6.07, 6.45) is 3.93. The molecule has 0 aliphatic carbocycles. The highest BCUT2D eigenvalue weighted by Gasteiger charge is 2.11. The minimum Gasteiger partial charge on any atom is -0.322 e. The third-order valence-electron chi connectivity index (χ3n) is 3.95. The predicted molar refractivity (Wildman–Crippen MR) is 102 cm³/mol. The van der Waals surface area contributed by atoms with Crippen LogP contribution in [0.2, 0.25) is 0 Å². The standard InChI is InChI=1S/C21H19N3O2/c1-2-15-7-3-4-11-19(15)24-20(25)16-8-5-10-18(13-16)23-21(26)17-9-6-12-22-14-17/h3-14H,2H2,1H3,(H,23,26)(H,24,25). The lowest BCUT2D eigenvalue weighted by Crippen LogP contribution is -2.15. The molecule has 1 heterocycles. The normalized spacial score (nSPS) is 10.2. The van der Waals surface area contributed by atoms with Crippen LogP contribution in [0.25, 0.3) is 0 Å². The smallest absolute Gasteiger partial charge is 0.257 e. The van der Waals surface area contributed by atoms with Crippen LogP contribution in [0.15, 0.2) is 73.1 Å². The van der Waals surface area contributed by atoms with E-state index in [1.807, 2.05) is 31.2 Å². The first-order valence-corrected chi connectivity index (χ1v) is 8.38. The van der Waals surface area contributed by atoms with Crippen molar-refractivity contribution in [1.29, 1.82) is 0 Å². The Bertz CT molecular complexity index is 923. The van der Waals surface area contributed by atoms with Crippen LogP contribution in [0.1, 0.15) is 33.2 Å². The van der Waals surface area contributed by atoms with E-state index in [0.717, 1.165) is 17.7 Å². The number of hydrogen-bond donors (Lipinski definition) is 2. The van der Waals surface area contributed by atoms with Gasteiger partial charge in [0.15, 0.2) is 0 Å². The number of benzene rings is 2. The summed E-state index contributed by atoms with van der Waals surface area (Å²) in [6, 6.07) is 17.9. The number of carbonyl (C=O) groups excluding carboxylic acids is 2. The highest BCUT2D eigenvalue weighted by molar-refractivity contribution is 6.07. The van der Waals surface area contributed by atoms with Gasteiger partial charge in [0.2, 0.25) is 0 Å². The van der Waals surface area contributed by atoms with Crippen molar-refractivity contribution in [2.24, 2.45) is 0 Å². The molecular weight excluding hydrogens is 326 g/mol. The lowest BCUT2D eigenvalue weighted by atomic mass is 10.1. The number of anilines is 2.